The van der Waals surface area contributed by atoms with Crippen LogP contribution in [0.4, 0.5) is 0 Å². The van der Waals surface area contributed by atoms with E-state index in [0.717, 1.165) is 6.42 Å². The van der Waals surface area contributed by atoms with Gasteiger partial charge in [0.15, 0.2) is 0 Å². The molecule has 164 valence electrons. The van der Waals surface area contributed by atoms with Crippen LogP contribution >= 0.6 is 0 Å². The number of fused-ring (bicyclic) bond motifs is 12. The first-order valence-electron chi connectivity index (χ1n) is 12.2. The highest BCUT2D eigenvalue weighted by Crippen LogP contribution is 2.37. The summed E-state index contributed by atoms with van der Waals surface area (Å²) in [7, 11) is 0. The van der Waals surface area contributed by atoms with Crippen molar-refractivity contribution in [2.45, 2.75) is 6.42 Å². The van der Waals surface area contributed by atoms with Gasteiger partial charge in [0.25, 0.3) is 0 Å². The van der Waals surface area contributed by atoms with Crippen LogP contribution < -0.4 is 0 Å². The van der Waals surface area contributed by atoms with Crippen molar-refractivity contribution in [2.75, 3.05) is 0 Å². The summed E-state index contributed by atoms with van der Waals surface area (Å²) in [6.45, 7) is 0. The lowest BCUT2D eigenvalue weighted by molar-refractivity contribution is 1.07. The van der Waals surface area contributed by atoms with Crippen LogP contribution in [0.2, 0.25) is 0 Å². The van der Waals surface area contributed by atoms with E-state index in [1.54, 1.807) is 0 Å². The van der Waals surface area contributed by atoms with Crippen molar-refractivity contribution in [1.29, 1.82) is 0 Å². The van der Waals surface area contributed by atoms with Crippen LogP contribution in [0.3, 0.4) is 0 Å². The molecule has 0 saturated heterocycles. The zero-order chi connectivity index (χ0) is 22.9. The first-order valence-corrected chi connectivity index (χ1v) is 12.2. The Kier molecular flexibility index (Phi) is 3.75. The van der Waals surface area contributed by atoms with Gasteiger partial charge in [0.05, 0.1) is 11.0 Å². The van der Waals surface area contributed by atoms with Crippen LogP contribution in [0, 0.1) is 0 Å². The van der Waals surface area contributed by atoms with Crippen LogP contribution in [0.1, 0.15) is 11.4 Å². The normalized spacial score (nSPS) is 12.1. The summed E-state index contributed by atoms with van der Waals surface area (Å²) in [6.07, 6.45) is 0.828. The third-order valence-electron chi connectivity index (χ3n) is 7.54. The van der Waals surface area contributed by atoms with E-state index < -0.39 is 0 Å². The summed E-state index contributed by atoms with van der Waals surface area (Å²) >= 11 is 0. The minimum Gasteiger partial charge on any atom is -0.358 e. The van der Waals surface area contributed by atoms with Crippen LogP contribution in [0.25, 0.3) is 64.9 Å². The molecule has 0 bridgehead atoms. The van der Waals surface area contributed by atoms with Crippen molar-refractivity contribution in [3.8, 4) is 0 Å². The maximum atomic E-state index is 3.78. The van der Waals surface area contributed by atoms with Gasteiger partial charge in [-0.25, -0.2) is 0 Å². The Hall–Kier alpha value is -4.56. The minimum atomic E-state index is 0.828. The molecule has 2 nitrogen and oxygen atoms in total. The first-order chi connectivity index (χ1) is 17.3. The molecule has 0 aliphatic heterocycles. The molecule has 0 unspecified atom stereocenters. The van der Waals surface area contributed by atoms with Crippen molar-refractivity contribution in [2.24, 2.45) is 0 Å². The average molecular weight is 447 g/mol. The molecule has 2 heterocycles. The standard InChI is InChI=1S/C33H22N2/c1-3-13-26-22(9-1)24-11-5-7-15-28(24)32-30(26)18-20(34-32)17-21-19-31-27-14-4-2-10-23(27)25-12-6-8-16-29(25)33(31)35-21/h1-16,18-19,34-35H,17H2. The van der Waals surface area contributed by atoms with Crippen LogP contribution in [0.5, 0.6) is 0 Å². The lowest BCUT2D eigenvalue weighted by atomic mass is 9.98. The van der Waals surface area contributed by atoms with Gasteiger partial charge in [-0.3, -0.25) is 0 Å². The highest BCUT2D eigenvalue weighted by atomic mass is 14.8. The van der Waals surface area contributed by atoms with E-state index in [-0.39, 0.29) is 0 Å². The summed E-state index contributed by atoms with van der Waals surface area (Å²) in [4.78, 5) is 7.56. The van der Waals surface area contributed by atoms with Crippen molar-refractivity contribution >= 4 is 64.9 Å². The summed E-state index contributed by atoms with van der Waals surface area (Å²) in [5, 5.41) is 13.0. The monoisotopic (exact) mass is 446 g/mol. The molecule has 0 aliphatic carbocycles. The Bertz CT molecular complexity index is 1790. The molecule has 0 fully saturated rings. The Balaban J connectivity index is 1.36. The Morgan fingerprint density at radius 1 is 0.343 bits per heavy atom. The fraction of sp³-hybridized carbons (Fsp3) is 0.0303. The van der Waals surface area contributed by atoms with Crippen molar-refractivity contribution in [3.05, 3.63) is 121 Å². The lowest BCUT2D eigenvalue weighted by Crippen LogP contribution is -1.87. The maximum Gasteiger partial charge on any atom is 0.0542 e. The fourth-order valence-corrected chi connectivity index (χ4v) is 6.04. The Morgan fingerprint density at radius 3 is 1.00 bits per heavy atom. The summed E-state index contributed by atoms with van der Waals surface area (Å²) in [6, 6.07) is 39.6. The number of aromatic nitrogens is 2. The number of benzene rings is 6. The molecule has 0 amide bonds. The zero-order valence-electron chi connectivity index (χ0n) is 19.1. The quantitative estimate of drug-likeness (QED) is 0.249. The van der Waals surface area contributed by atoms with Crippen LogP contribution in [0.15, 0.2) is 109 Å². The van der Waals surface area contributed by atoms with E-state index >= 15 is 0 Å². The van der Waals surface area contributed by atoms with Crippen molar-refractivity contribution < 1.29 is 0 Å². The second kappa shape index (κ2) is 6.97. The molecule has 8 rings (SSSR count). The highest BCUT2D eigenvalue weighted by Gasteiger charge is 2.14. The smallest absolute Gasteiger partial charge is 0.0542 e. The van der Waals surface area contributed by atoms with Crippen molar-refractivity contribution in [3.63, 3.8) is 0 Å². The molecule has 8 aromatic rings. The first kappa shape index (κ1) is 18.8. The number of aromatic amines is 2. The minimum absolute atomic E-state index is 0.828. The summed E-state index contributed by atoms with van der Waals surface area (Å²) < 4.78 is 0. The highest BCUT2D eigenvalue weighted by molar-refractivity contribution is 6.25. The third-order valence-corrected chi connectivity index (χ3v) is 7.54. The number of rotatable bonds is 2. The molecule has 6 aromatic carbocycles. The molecule has 0 radical (unpaired) electrons. The molecular formula is C33H22N2. The van der Waals surface area contributed by atoms with Crippen LogP contribution in [-0.4, -0.2) is 9.97 Å². The molecular weight excluding hydrogens is 424 g/mol. The molecule has 0 aliphatic rings. The van der Waals surface area contributed by atoms with Gasteiger partial charge in [0, 0.05) is 39.4 Å². The van der Waals surface area contributed by atoms with E-state index in [9.17, 15) is 0 Å². The second-order valence-corrected chi connectivity index (χ2v) is 9.53. The molecule has 2 aromatic heterocycles. The predicted octanol–water partition coefficient (Wildman–Crippen LogP) is 8.85. The fourth-order valence-electron chi connectivity index (χ4n) is 6.04. The Morgan fingerprint density at radius 2 is 0.629 bits per heavy atom. The van der Waals surface area contributed by atoms with Gasteiger partial charge in [-0.1, -0.05) is 97.1 Å². The molecule has 2 heteroatoms. The topological polar surface area (TPSA) is 31.6 Å². The number of H-pyrrole nitrogens is 2. The van der Waals surface area contributed by atoms with E-state index in [1.807, 2.05) is 0 Å². The van der Waals surface area contributed by atoms with Gasteiger partial charge in [-0.15, -0.1) is 0 Å². The predicted molar refractivity (Wildman–Crippen MR) is 149 cm³/mol. The molecule has 0 spiro atoms. The van der Waals surface area contributed by atoms with Crippen LogP contribution in [-0.2, 0) is 6.42 Å². The van der Waals surface area contributed by atoms with E-state index in [4.69, 9.17) is 0 Å². The average Bonchev–Trinajstić information content (AvgIpc) is 3.54. The molecule has 35 heavy (non-hydrogen) atoms. The number of hydrogen-bond acceptors (Lipinski definition) is 0. The van der Waals surface area contributed by atoms with Crippen molar-refractivity contribution in [1.82, 2.24) is 9.97 Å². The van der Waals surface area contributed by atoms with Gasteiger partial charge in [-0.2, -0.15) is 0 Å². The van der Waals surface area contributed by atoms with Gasteiger partial charge in [0.1, 0.15) is 0 Å². The number of nitrogens with one attached hydrogen (secondary N) is 2. The maximum absolute atomic E-state index is 3.78. The lowest BCUT2D eigenvalue weighted by Gasteiger charge is -2.06. The van der Waals surface area contributed by atoms with Gasteiger partial charge in [0.2, 0.25) is 0 Å². The largest absolute Gasteiger partial charge is 0.358 e. The summed E-state index contributed by atoms with van der Waals surface area (Å²) in [5.41, 5.74) is 4.89. The SMILES string of the molecule is c1ccc2c(c1)c1ccccc1c1[nH]c(Cc3cc4c5ccccc5c5ccccc5c4[nH]3)cc21. The second-order valence-electron chi connectivity index (χ2n) is 9.53. The van der Waals surface area contributed by atoms with E-state index in [2.05, 4.69) is 119 Å². The Labute approximate surface area is 201 Å². The van der Waals surface area contributed by atoms with E-state index in [0.29, 0.717) is 0 Å². The summed E-state index contributed by atoms with van der Waals surface area (Å²) in [5.74, 6) is 0. The molecule has 2 N–H and O–H groups in total. The van der Waals surface area contributed by atoms with E-state index in [1.165, 1.54) is 76.3 Å². The van der Waals surface area contributed by atoms with Gasteiger partial charge < -0.3 is 9.97 Å². The van der Waals surface area contributed by atoms with Gasteiger partial charge in [-0.05, 0) is 44.5 Å². The molecule has 0 atom stereocenters. The molecule has 0 saturated carbocycles. The zero-order valence-corrected chi connectivity index (χ0v) is 19.1. The van der Waals surface area contributed by atoms with Gasteiger partial charge >= 0.3 is 0 Å². The third kappa shape index (κ3) is 2.65. The number of hydrogen-bond donors (Lipinski definition) is 2.